The SMILES string of the molecule is CCN(CC[CH2][In]([CH2]C)[CH2]CCN(C)C)C(C)C. The van der Waals surface area contributed by atoms with E-state index in [-0.39, 0.29) is 0 Å². The van der Waals surface area contributed by atoms with Gasteiger partial charge in [0.15, 0.2) is 0 Å². The first-order valence-electron chi connectivity index (χ1n) is 7.89. The molecule has 0 saturated heterocycles. The number of nitrogens with zero attached hydrogens (tertiary/aromatic N) is 2. The first-order valence-corrected chi connectivity index (χ1v) is 14.9. The maximum atomic E-state index is 2.61. The molecule has 108 valence electrons. The van der Waals surface area contributed by atoms with Crippen LogP contribution in [0, 0.1) is 0 Å². The molecular weight excluding hydrogens is 323 g/mol. The van der Waals surface area contributed by atoms with E-state index in [9.17, 15) is 0 Å². The van der Waals surface area contributed by atoms with Crippen LogP contribution in [0.25, 0.3) is 0 Å². The van der Waals surface area contributed by atoms with E-state index in [1.807, 2.05) is 0 Å². The van der Waals surface area contributed by atoms with Gasteiger partial charge < -0.3 is 0 Å². The summed E-state index contributed by atoms with van der Waals surface area (Å²) in [5, 5.41) is 0. The van der Waals surface area contributed by atoms with Crippen molar-refractivity contribution in [1.29, 1.82) is 0 Å². The van der Waals surface area contributed by atoms with Crippen molar-refractivity contribution in [2.24, 2.45) is 0 Å². The van der Waals surface area contributed by atoms with Gasteiger partial charge in [-0.25, -0.2) is 0 Å². The Kier molecular flexibility index (Phi) is 12.1. The van der Waals surface area contributed by atoms with E-state index in [0.29, 0.717) is 0 Å². The predicted molar refractivity (Wildman–Crippen MR) is 86.0 cm³/mol. The van der Waals surface area contributed by atoms with Crippen molar-refractivity contribution in [3.8, 4) is 0 Å². The minimum absolute atomic E-state index is 0.721. The molecule has 0 aromatic heterocycles. The quantitative estimate of drug-likeness (QED) is 0.557. The number of hydrogen-bond donors (Lipinski definition) is 0. The van der Waals surface area contributed by atoms with Gasteiger partial charge in [0.1, 0.15) is 0 Å². The maximum absolute atomic E-state index is 2.61. The molecular formula is C15H35InN2. The second kappa shape index (κ2) is 11.6. The van der Waals surface area contributed by atoms with E-state index >= 15 is 0 Å². The van der Waals surface area contributed by atoms with Crippen LogP contribution in [-0.2, 0) is 0 Å². The van der Waals surface area contributed by atoms with Crippen LogP contribution in [0.2, 0.25) is 12.5 Å². The molecule has 0 unspecified atom stereocenters. The molecule has 0 radical (unpaired) electrons. The van der Waals surface area contributed by atoms with Crippen molar-refractivity contribution < 1.29 is 0 Å². The fraction of sp³-hybridized carbons (Fsp3) is 1.00. The molecule has 0 rings (SSSR count). The first-order chi connectivity index (χ1) is 8.51. The van der Waals surface area contributed by atoms with Gasteiger partial charge in [-0.1, -0.05) is 0 Å². The first kappa shape index (κ1) is 18.8. The molecule has 0 fully saturated rings. The zero-order valence-electron chi connectivity index (χ0n) is 13.7. The van der Waals surface area contributed by atoms with Crippen LogP contribution in [0.1, 0.15) is 40.5 Å². The molecule has 0 spiro atoms. The predicted octanol–water partition coefficient (Wildman–Crippen LogP) is 3.57. The van der Waals surface area contributed by atoms with E-state index < -0.39 is 21.4 Å². The summed E-state index contributed by atoms with van der Waals surface area (Å²) >= 11 is -1.13. The summed E-state index contributed by atoms with van der Waals surface area (Å²) in [6.07, 6.45) is 2.91. The Hall–Kier alpha value is 0.790. The number of hydrogen-bond acceptors (Lipinski definition) is 2. The Labute approximate surface area is 124 Å². The summed E-state index contributed by atoms with van der Waals surface area (Å²) in [5.74, 6) is 0. The Morgan fingerprint density at radius 3 is 1.89 bits per heavy atom. The summed E-state index contributed by atoms with van der Waals surface area (Å²) in [6, 6.07) is 0.721. The van der Waals surface area contributed by atoms with Crippen LogP contribution in [0.15, 0.2) is 0 Å². The van der Waals surface area contributed by atoms with Gasteiger partial charge in [0.25, 0.3) is 0 Å². The zero-order chi connectivity index (χ0) is 14.0. The van der Waals surface area contributed by atoms with Gasteiger partial charge in [0.05, 0.1) is 0 Å². The molecule has 0 heterocycles. The molecule has 18 heavy (non-hydrogen) atoms. The van der Waals surface area contributed by atoms with Crippen LogP contribution >= 0.6 is 0 Å². The summed E-state index contributed by atoms with van der Waals surface area (Å²) in [7, 11) is 4.39. The molecule has 0 saturated carbocycles. The Morgan fingerprint density at radius 1 is 0.944 bits per heavy atom. The van der Waals surface area contributed by atoms with Crippen molar-refractivity contribution in [3.05, 3.63) is 0 Å². The molecule has 3 heteroatoms. The van der Waals surface area contributed by atoms with Gasteiger partial charge in [-0.3, -0.25) is 0 Å². The molecule has 0 aliphatic carbocycles. The van der Waals surface area contributed by atoms with Crippen LogP contribution in [0.3, 0.4) is 0 Å². The Morgan fingerprint density at radius 2 is 1.50 bits per heavy atom. The fourth-order valence-electron chi connectivity index (χ4n) is 2.61. The molecule has 0 aromatic rings. The summed E-state index contributed by atoms with van der Waals surface area (Å²) in [6.45, 7) is 13.2. The molecule has 0 bridgehead atoms. The second-order valence-electron chi connectivity index (χ2n) is 6.08. The Bertz CT molecular complexity index is 183. The van der Waals surface area contributed by atoms with Crippen molar-refractivity contribution in [2.75, 3.05) is 33.7 Å². The average molecular weight is 358 g/mol. The third kappa shape index (κ3) is 9.69. The van der Waals surface area contributed by atoms with Crippen molar-refractivity contribution in [3.63, 3.8) is 0 Å². The van der Waals surface area contributed by atoms with Crippen molar-refractivity contribution >= 4 is 21.4 Å². The fourth-order valence-corrected chi connectivity index (χ4v) is 10.1. The minimum atomic E-state index is -1.13. The molecule has 0 aliphatic rings. The van der Waals surface area contributed by atoms with Crippen molar-refractivity contribution in [2.45, 2.75) is 59.1 Å². The summed E-state index contributed by atoms with van der Waals surface area (Å²) < 4.78 is 4.79. The molecule has 0 amide bonds. The van der Waals surface area contributed by atoms with Crippen LogP contribution in [-0.4, -0.2) is 71.0 Å². The van der Waals surface area contributed by atoms with Crippen LogP contribution in [0.5, 0.6) is 0 Å². The van der Waals surface area contributed by atoms with Gasteiger partial charge in [0.2, 0.25) is 0 Å². The van der Waals surface area contributed by atoms with Crippen LogP contribution < -0.4 is 0 Å². The van der Waals surface area contributed by atoms with E-state index in [4.69, 9.17) is 0 Å². The molecule has 2 nitrogen and oxygen atoms in total. The average Bonchev–Trinajstić information content (AvgIpc) is 2.31. The van der Waals surface area contributed by atoms with E-state index in [1.54, 1.807) is 12.5 Å². The van der Waals surface area contributed by atoms with Gasteiger partial charge in [-0.2, -0.15) is 0 Å². The molecule has 0 aromatic carbocycles. The van der Waals surface area contributed by atoms with E-state index in [0.717, 1.165) is 6.04 Å². The van der Waals surface area contributed by atoms with Crippen molar-refractivity contribution in [1.82, 2.24) is 9.80 Å². The van der Waals surface area contributed by atoms with E-state index in [2.05, 4.69) is 51.6 Å². The van der Waals surface area contributed by atoms with Gasteiger partial charge >= 0.3 is 124 Å². The Balaban J connectivity index is 3.72. The van der Waals surface area contributed by atoms with Gasteiger partial charge in [0, 0.05) is 0 Å². The summed E-state index contributed by atoms with van der Waals surface area (Å²) in [5.41, 5.74) is 0. The number of rotatable bonds is 11. The monoisotopic (exact) mass is 358 g/mol. The molecule has 0 atom stereocenters. The zero-order valence-corrected chi connectivity index (χ0v) is 17.0. The third-order valence-corrected chi connectivity index (χ3v) is 14.3. The molecule has 0 aliphatic heterocycles. The third-order valence-electron chi connectivity index (χ3n) is 3.99. The van der Waals surface area contributed by atoms with Gasteiger partial charge in [-0.15, -0.1) is 0 Å². The topological polar surface area (TPSA) is 6.48 Å². The van der Waals surface area contributed by atoms with E-state index in [1.165, 1.54) is 32.5 Å². The van der Waals surface area contributed by atoms with Gasteiger partial charge in [-0.05, 0) is 0 Å². The van der Waals surface area contributed by atoms with Crippen LogP contribution in [0.4, 0.5) is 0 Å². The normalized spacial score (nSPS) is 11.8. The second-order valence-corrected chi connectivity index (χ2v) is 16.7. The molecule has 0 N–H and O–H groups in total. The standard InChI is InChI=1S/C8H18N.C5H12N.C2H5.In/c1-5-7-9(6-2)8(3)4;1-4-5-6(2)3;1-2;/h8H,1,5-7H2,2-4H3;1,4-5H2,2-3H3;1H2,2H3;. The summed E-state index contributed by atoms with van der Waals surface area (Å²) in [4.78, 5) is 4.94.